The van der Waals surface area contributed by atoms with E-state index >= 15 is 35.1 Å². The molecule has 0 bridgehead atoms. The van der Waals surface area contributed by atoms with Crippen LogP contribution in [0.25, 0.3) is 55.7 Å². The Morgan fingerprint density at radius 2 is 0.552 bits per heavy atom. The van der Waals surface area contributed by atoms with Gasteiger partial charge in [0, 0.05) is 24.3 Å². The van der Waals surface area contributed by atoms with Gasteiger partial charge in [-0.3, -0.25) is 0 Å². The summed E-state index contributed by atoms with van der Waals surface area (Å²) in [6, 6.07) is 39.4. The maximum atomic E-state index is 15.5. The van der Waals surface area contributed by atoms with Gasteiger partial charge < -0.3 is 0 Å². The van der Waals surface area contributed by atoms with Crippen molar-refractivity contribution < 1.29 is 35.1 Å². The van der Waals surface area contributed by atoms with E-state index in [4.69, 9.17) is 0 Å². The number of hydrogen-bond acceptors (Lipinski definition) is 0. The van der Waals surface area contributed by atoms with Crippen LogP contribution in [0.2, 0.25) is 0 Å². The summed E-state index contributed by atoms with van der Waals surface area (Å²) in [6.45, 7) is 0. The van der Waals surface area contributed by atoms with Gasteiger partial charge in [-0.25, -0.2) is 35.1 Å². The van der Waals surface area contributed by atoms with E-state index in [0.29, 0.717) is 52.1 Å². The van der Waals surface area contributed by atoms with Gasteiger partial charge in [0.25, 0.3) is 0 Å². The lowest BCUT2D eigenvalue weighted by atomic mass is 9.75. The third-order valence-electron chi connectivity index (χ3n) is 9.66. The Bertz CT molecular complexity index is 2730. The van der Waals surface area contributed by atoms with E-state index in [0.717, 1.165) is 48.5 Å². The molecule has 0 atom stereocenters. The lowest BCUT2D eigenvalue weighted by Crippen LogP contribution is -2.05. The molecule has 8 heteroatoms. The molecular weight excluding hydrogens is 753 g/mol. The van der Waals surface area contributed by atoms with Gasteiger partial charge in [-0.15, -0.1) is 0 Å². The molecule has 0 spiro atoms. The lowest BCUT2D eigenvalue weighted by Gasteiger charge is -2.27. The van der Waals surface area contributed by atoms with Crippen molar-refractivity contribution in [1.29, 1.82) is 0 Å². The Labute approximate surface area is 328 Å². The van der Waals surface area contributed by atoms with Crippen molar-refractivity contribution in [3.8, 4) is 44.5 Å². The van der Waals surface area contributed by atoms with Gasteiger partial charge in [0.1, 0.15) is 46.5 Å². The minimum Gasteiger partial charge on any atom is -0.207 e. The predicted molar refractivity (Wildman–Crippen MR) is 212 cm³/mol. The van der Waals surface area contributed by atoms with E-state index in [1.807, 2.05) is 60.7 Å². The minimum atomic E-state index is -1.04. The molecule has 0 N–H and O–H groups in total. The second kappa shape index (κ2) is 15.8. The number of benzene rings is 8. The Morgan fingerprint density at radius 1 is 0.259 bits per heavy atom. The Balaban J connectivity index is 1.72. The van der Waals surface area contributed by atoms with E-state index in [1.165, 1.54) is 6.07 Å². The summed E-state index contributed by atoms with van der Waals surface area (Å²) in [7, 11) is 0. The molecular formula is C50H28F8. The van der Waals surface area contributed by atoms with E-state index in [9.17, 15) is 0 Å². The molecule has 0 heterocycles. The van der Waals surface area contributed by atoms with E-state index in [2.05, 4.69) is 0 Å². The minimum absolute atomic E-state index is 0.00749. The van der Waals surface area contributed by atoms with Gasteiger partial charge in [-0.2, -0.15) is 0 Å². The maximum Gasteiger partial charge on any atom is 0.126 e. The SMILES string of the molecule is Fc1cc(F)cc(-c2cc(C(=C(c3ccccc3)c3ccccc3)c3ccccc3)c(-c3cc(F)cc(F)c3)c(-c3cc(F)cc(F)c3)c2-c2cc(F)cc(F)c2)c1. The van der Waals surface area contributed by atoms with Gasteiger partial charge in [0.15, 0.2) is 0 Å². The molecule has 0 fully saturated rings. The molecule has 0 amide bonds. The predicted octanol–water partition coefficient (Wildman–Crippen LogP) is 14.5. The van der Waals surface area contributed by atoms with Gasteiger partial charge in [0.2, 0.25) is 0 Å². The fraction of sp³-hybridized carbons (Fsp3) is 0. The second-order valence-electron chi connectivity index (χ2n) is 13.6. The molecule has 0 unspecified atom stereocenters. The van der Waals surface area contributed by atoms with Crippen molar-refractivity contribution in [2.24, 2.45) is 0 Å². The average Bonchev–Trinajstić information content (AvgIpc) is 3.18. The quantitative estimate of drug-likeness (QED) is 0.106. The lowest BCUT2D eigenvalue weighted by molar-refractivity contribution is 0.582. The summed E-state index contributed by atoms with van der Waals surface area (Å²) >= 11 is 0. The van der Waals surface area contributed by atoms with E-state index < -0.39 is 46.5 Å². The molecule has 0 radical (unpaired) electrons. The topological polar surface area (TPSA) is 0 Å². The molecule has 0 aliphatic heterocycles. The molecule has 0 nitrogen and oxygen atoms in total. The highest BCUT2D eigenvalue weighted by molar-refractivity contribution is 6.13. The fourth-order valence-electron chi connectivity index (χ4n) is 7.50. The molecule has 0 saturated heterocycles. The van der Waals surface area contributed by atoms with Crippen molar-refractivity contribution in [2.45, 2.75) is 0 Å². The first kappa shape index (κ1) is 37.8. The molecule has 8 aromatic carbocycles. The number of rotatable bonds is 8. The summed E-state index contributed by atoms with van der Waals surface area (Å²) in [4.78, 5) is 0. The first-order valence-electron chi connectivity index (χ1n) is 18.0. The zero-order chi connectivity index (χ0) is 40.5. The fourth-order valence-corrected chi connectivity index (χ4v) is 7.50. The third-order valence-corrected chi connectivity index (χ3v) is 9.66. The number of hydrogen-bond donors (Lipinski definition) is 0. The maximum absolute atomic E-state index is 15.5. The zero-order valence-electron chi connectivity index (χ0n) is 30.2. The summed E-state index contributed by atoms with van der Waals surface area (Å²) in [6.07, 6.45) is 0. The van der Waals surface area contributed by atoms with Crippen LogP contribution in [0.15, 0.2) is 170 Å². The van der Waals surface area contributed by atoms with Crippen LogP contribution in [0.4, 0.5) is 35.1 Å². The molecule has 58 heavy (non-hydrogen) atoms. The molecule has 0 aliphatic rings. The highest BCUT2D eigenvalue weighted by Gasteiger charge is 2.29. The summed E-state index contributed by atoms with van der Waals surface area (Å²) < 4.78 is 123. The summed E-state index contributed by atoms with van der Waals surface area (Å²) in [5.74, 6) is -8.13. The summed E-state index contributed by atoms with van der Waals surface area (Å²) in [5, 5.41) is 0. The number of halogens is 8. The van der Waals surface area contributed by atoms with Crippen LogP contribution in [0.1, 0.15) is 22.3 Å². The van der Waals surface area contributed by atoms with Crippen molar-refractivity contribution in [3.05, 3.63) is 239 Å². The molecule has 8 rings (SSSR count). The van der Waals surface area contributed by atoms with Crippen LogP contribution in [-0.4, -0.2) is 0 Å². The highest BCUT2D eigenvalue weighted by atomic mass is 19.2. The molecule has 0 aromatic heterocycles. The molecule has 0 saturated carbocycles. The molecule has 8 aromatic rings. The Morgan fingerprint density at radius 3 is 0.914 bits per heavy atom. The van der Waals surface area contributed by atoms with Crippen molar-refractivity contribution in [2.75, 3.05) is 0 Å². The van der Waals surface area contributed by atoms with Gasteiger partial charge in [-0.1, -0.05) is 91.0 Å². The van der Waals surface area contributed by atoms with E-state index in [1.54, 1.807) is 30.3 Å². The van der Waals surface area contributed by atoms with Crippen LogP contribution in [0.3, 0.4) is 0 Å². The second-order valence-corrected chi connectivity index (χ2v) is 13.6. The van der Waals surface area contributed by atoms with Crippen LogP contribution >= 0.6 is 0 Å². The van der Waals surface area contributed by atoms with Gasteiger partial charge >= 0.3 is 0 Å². The molecule has 284 valence electrons. The monoisotopic (exact) mass is 780 g/mol. The molecule has 0 aliphatic carbocycles. The van der Waals surface area contributed by atoms with Crippen LogP contribution in [0.5, 0.6) is 0 Å². The first-order chi connectivity index (χ1) is 28.0. The van der Waals surface area contributed by atoms with Crippen molar-refractivity contribution >= 4 is 11.1 Å². The Hall–Kier alpha value is -7.06. The first-order valence-corrected chi connectivity index (χ1v) is 18.0. The standard InChI is InChI=1S/C50H28F8/c51-36-16-32(17-37(52)24-36)44-28-45(47(31-14-8-3-9-15-31)46(29-10-4-1-5-11-29)30-12-6-2-7-13-30)49(34-20-40(55)26-41(56)21-34)50(35-22-42(57)27-43(58)23-35)48(44)33-18-38(53)25-39(54)19-33/h1-28H. The third kappa shape index (κ3) is 7.69. The van der Waals surface area contributed by atoms with Gasteiger partial charge in [0.05, 0.1) is 0 Å². The zero-order valence-corrected chi connectivity index (χ0v) is 30.2. The van der Waals surface area contributed by atoms with E-state index in [-0.39, 0.29) is 50.1 Å². The smallest absolute Gasteiger partial charge is 0.126 e. The van der Waals surface area contributed by atoms with Gasteiger partial charge in [-0.05, 0) is 133 Å². The normalized spacial score (nSPS) is 11.1. The summed E-state index contributed by atoms with van der Waals surface area (Å²) in [5.41, 5.74) is 2.26. The van der Waals surface area contributed by atoms with Crippen LogP contribution < -0.4 is 0 Å². The largest absolute Gasteiger partial charge is 0.207 e. The van der Waals surface area contributed by atoms with Crippen LogP contribution in [-0.2, 0) is 0 Å². The Kier molecular flexibility index (Phi) is 10.3. The highest BCUT2D eigenvalue weighted by Crippen LogP contribution is 2.52. The van der Waals surface area contributed by atoms with Crippen molar-refractivity contribution in [3.63, 3.8) is 0 Å². The van der Waals surface area contributed by atoms with Crippen LogP contribution in [0, 0.1) is 46.5 Å². The average molecular weight is 781 g/mol. The van der Waals surface area contributed by atoms with Crippen molar-refractivity contribution in [1.82, 2.24) is 0 Å².